The summed E-state index contributed by atoms with van der Waals surface area (Å²) in [5, 5.41) is 0. The first-order chi connectivity index (χ1) is 8.19. The number of ether oxygens (including phenoxy) is 1. The van der Waals surface area contributed by atoms with Crippen molar-refractivity contribution in [1.29, 1.82) is 0 Å². The zero-order chi connectivity index (χ0) is 12.3. The molecule has 1 atom stereocenters. The van der Waals surface area contributed by atoms with Gasteiger partial charge in [0.1, 0.15) is 5.82 Å². The number of nitrogens with two attached hydrogens (primary N) is 1. The lowest BCUT2D eigenvalue weighted by molar-refractivity contribution is -0.0543. The fourth-order valence-electron chi connectivity index (χ4n) is 2.82. The van der Waals surface area contributed by atoms with Crippen LogP contribution in [-0.4, -0.2) is 12.2 Å². The van der Waals surface area contributed by atoms with Crippen molar-refractivity contribution >= 4 is 0 Å². The Morgan fingerprint density at radius 1 is 1.35 bits per heavy atom. The maximum atomic E-state index is 13.8. The van der Waals surface area contributed by atoms with Crippen LogP contribution in [-0.2, 0) is 4.74 Å². The molecule has 0 spiro atoms. The first kappa shape index (κ1) is 12.5. The number of rotatable bonds is 4. The highest BCUT2D eigenvalue weighted by atomic mass is 19.1. The van der Waals surface area contributed by atoms with Gasteiger partial charge in [-0.25, -0.2) is 4.39 Å². The summed E-state index contributed by atoms with van der Waals surface area (Å²) in [6, 6.07) is 6.37. The fraction of sp³-hybridized carbons (Fsp3) is 0.571. The SMILES string of the molecule is CCOC1(C(N)c2ccccc2F)CCCC1. The van der Waals surface area contributed by atoms with Gasteiger partial charge >= 0.3 is 0 Å². The molecule has 0 aliphatic heterocycles. The Morgan fingerprint density at radius 3 is 2.59 bits per heavy atom. The molecule has 3 heteroatoms. The van der Waals surface area contributed by atoms with E-state index in [1.165, 1.54) is 6.07 Å². The zero-order valence-electron chi connectivity index (χ0n) is 10.3. The average molecular weight is 237 g/mol. The minimum atomic E-state index is -0.369. The molecule has 0 saturated heterocycles. The second-order valence-electron chi connectivity index (χ2n) is 4.70. The fourth-order valence-corrected chi connectivity index (χ4v) is 2.82. The highest BCUT2D eigenvalue weighted by Gasteiger charge is 2.41. The Balaban J connectivity index is 2.28. The third-order valence-electron chi connectivity index (χ3n) is 3.69. The molecule has 0 heterocycles. The summed E-state index contributed by atoms with van der Waals surface area (Å²) in [6.45, 7) is 2.59. The number of hydrogen-bond acceptors (Lipinski definition) is 2. The second kappa shape index (κ2) is 5.15. The van der Waals surface area contributed by atoms with E-state index in [1.54, 1.807) is 12.1 Å². The van der Waals surface area contributed by atoms with Gasteiger partial charge in [0.2, 0.25) is 0 Å². The summed E-state index contributed by atoms with van der Waals surface area (Å²) < 4.78 is 19.6. The monoisotopic (exact) mass is 237 g/mol. The zero-order valence-corrected chi connectivity index (χ0v) is 10.3. The Hall–Kier alpha value is -0.930. The highest BCUT2D eigenvalue weighted by Crippen LogP contribution is 2.42. The van der Waals surface area contributed by atoms with Crippen LogP contribution in [0.5, 0.6) is 0 Å². The van der Waals surface area contributed by atoms with Gasteiger partial charge < -0.3 is 10.5 Å². The summed E-state index contributed by atoms with van der Waals surface area (Å²) in [5.41, 5.74) is 6.47. The van der Waals surface area contributed by atoms with E-state index in [-0.39, 0.29) is 17.5 Å². The van der Waals surface area contributed by atoms with Crippen LogP contribution in [0.15, 0.2) is 24.3 Å². The molecule has 0 radical (unpaired) electrons. The molecule has 1 fully saturated rings. The van der Waals surface area contributed by atoms with Crippen LogP contribution < -0.4 is 5.73 Å². The number of halogens is 1. The third-order valence-corrected chi connectivity index (χ3v) is 3.69. The number of benzene rings is 1. The Kier molecular flexibility index (Phi) is 3.79. The van der Waals surface area contributed by atoms with Gasteiger partial charge in [0.15, 0.2) is 0 Å². The Bertz CT molecular complexity index is 374. The van der Waals surface area contributed by atoms with Crippen LogP contribution in [0.4, 0.5) is 4.39 Å². The number of hydrogen-bond donors (Lipinski definition) is 1. The Morgan fingerprint density at radius 2 is 2.00 bits per heavy atom. The molecule has 1 saturated carbocycles. The van der Waals surface area contributed by atoms with E-state index in [0.717, 1.165) is 25.7 Å². The molecule has 2 rings (SSSR count). The summed E-state index contributed by atoms with van der Waals surface area (Å²) in [4.78, 5) is 0. The molecule has 0 bridgehead atoms. The average Bonchev–Trinajstić information content (AvgIpc) is 2.79. The van der Waals surface area contributed by atoms with Gasteiger partial charge in [0.25, 0.3) is 0 Å². The predicted molar refractivity (Wildman–Crippen MR) is 66.2 cm³/mol. The largest absolute Gasteiger partial charge is 0.373 e. The van der Waals surface area contributed by atoms with Gasteiger partial charge in [-0.1, -0.05) is 31.0 Å². The molecule has 17 heavy (non-hydrogen) atoms. The highest BCUT2D eigenvalue weighted by molar-refractivity contribution is 5.24. The van der Waals surface area contributed by atoms with Crippen LogP contribution in [0.1, 0.15) is 44.2 Å². The van der Waals surface area contributed by atoms with Crippen molar-refractivity contribution in [2.75, 3.05) is 6.61 Å². The van der Waals surface area contributed by atoms with Crippen molar-refractivity contribution in [3.05, 3.63) is 35.6 Å². The topological polar surface area (TPSA) is 35.2 Å². The van der Waals surface area contributed by atoms with Gasteiger partial charge in [-0.3, -0.25) is 0 Å². The summed E-state index contributed by atoms with van der Waals surface area (Å²) >= 11 is 0. The van der Waals surface area contributed by atoms with Crippen molar-refractivity contribution in [2.45, 2.75) is 44.2 Å². The van der Waals surface area contributed by atoms with Crippen LogP contribution in [0.25, 0.3) is 0 Å². The first-order valence-corrected chi connectivity index (χ1v) is 6.33. The first-order valence-electron chi connectivity index (χ1n) is 6.33. The molecular weight excluding hydrogens is 217 g/mol. The summed E-state index contributed by atoms with van der Waals surface area (Å²) in [7, 11) is 0. The van der Waals surface area contributed by atoms with Gasteiger partial charge in [0, 0.05) is 12.2 Å². The molecule has 1 aliphatic carbocycles. The molecule has 0 aromatic heterocycles. The van der Waals surface area contributed by atoms with Gasteiger partial charge in [-0.2, -0.15) is 0 Å². The van der Waals surface area contributed by atoms with Crippen molar-refractivity contribution in [3.63, 3.8) is 0 Å². The van der Waals surface area contributed by atoms with Crippen molar-refractivity contribution in [3.8, 4) is 0 Å². The molecule has 1 aromatic carbocycles. The molecule has 1 aromatic rings. The van der Waals surface area contributed by atoms with Crippen molar-refractivity contribution in [2.24, 2.45) is 5.73 Å². The normalized spacial score (nSPS) is 20.4. The maximum absolute atomic E-state index is 13.8. The van der Waals surface area contributed by atoms with Crippen LogP contribution in [0.2, 0.25) is 0 Å². The van der Waals surface area contributed by atoms with Crippen LogP contribution in [0, 0.1) is 5.82 Å². The lowest BCUT2D eigenvalue weighted by atomic mass is 9.87. The molecule has 0 amide bonds. The van der Waals surface area contributed by atoms with Crippen molar-refractivity contribution < 1.29 is 9.13 Å². The Labute approximate surface area is 102 Å². The minimum absolute atomic E-state index is 0.231. The molecule has 94 valence electrons. The van der Waals surface area contributed by atoms with Crippen LogP contribution >= 0.6 is 0 Å². The van der Waals surface area contributed by atoms with Gasteiger partial charge in [-0.15, -0.1) is 0 Å². The minimum Gasteiger partial charge on any atom is -0.373 e. The van der Waals surface area contributed by atoms with E-state index in [2.05, 4.69) is 0 Å². The van der Waals surface area contributed by atoms with Crippen molar-refractivity contribution in [1.82, 2.24) is 0 Å². The van der Waals surface area contributed by atoms with E-state index in [4.69, 9.17) is 10.5 Å². The second-order valence-corrected chi connectivity index (χ2v) is 4.70. The smallest absolute Gasteiger partial charge is 0.128 e. The van der Waals surface area contributed by atoms with Crippen LogP contribution in [0.3, 0.4) is 0 Å². The predicted octanol–water partition coefficient (Wildman–Crippen LogP) is 3.17. The lowest BCUT2D eigenvalue weighted by Crippen LogP contribution is -2.41. The van der Waals surface area contributed by atoms with E-state index < -0.39 is 0 Å². The lowest BCUT2D eigenvalue weighted by Gasteiger charge is -2.35. The van der Waals surface area contributed by atoms with Gasteiger partial charge in [0.05, 0.1) is 11.6 Å². The molecule has 2 nitrogen and oxygen atoms in total. The van der Waals surface area contributed by atoms with E-state index >= 15 is 0 Å². The van der Waals surface area contributed by atoms with E-state index in [1.807, 2.05) is 13.0 Å². The summed E-state index contributed by atoms with van der Waals surface area (Å²) in [5.74, 6) is -0.231. The standard InChI is InChI=1S/C14H20FNO/c1-2-17-14(9-5-6-10-14)13(16)11-7-3-4-8-12(11)15/h3-4,7-8,13H,2,5-6,9-10,16H2,1H3. The van der Waals surface area contributed by atoms with Gasteiger partial charge in [-0.05, 0) is 25.8 Å². The van der Waals surface area contributed by atoms with E-state index in [9.17, 15) is 4.39 Å². The quantitative estimate of drug-likeness (QED) is 0.873. The third kappa shape index (κ3) is 2.35. The molecule has 1 unspecified atom stereocenters. The molecular formula is C14H20FNO. The maximum Gasteiger partial charge on any atom is 0.128 e. The summed E-state index contributed by atoms with van der Waals surface area (Å²) in [6.07, 6.45) is 4.08. The molecule has 2 N–H and O–H groups in total. The molecule has 1 aliphatic rings. The van der Waals surface area contributed by atoms with E-state index in [0.29, 0.717) is 12.2 Å².